The van der Waals surface area contributed by atoms with Gasteiger partial charge < -0.3 is 4.90 Å². The molecule has 0 bridgehead atoms. The number of rotatable bonds is 1. The van der Waals surface area contributed by atoms with E-state index < -0.39 is 0 Å². The van der Waals surface area contributed by atoms with E-state index in [-0.39, 0.29) is 18.1 Å². The molecule has 0 aliphatic carbocycles. The molecule has 0 aromatic heterocycles. The molecule has 0 atom stereocenters. The van der Waals surface area contributed by atoms with Crippen LogP contribution in [-0.2, 0) is 0 Å². The number of ketones is 1. The summed E-state index contributed by atoms with van der Waals surface area (Å²) >= 11 is 12.0. The van der Waals surface area contributed by atoms with E-state index in [0.29, 0.717) is 33.4 Å². The van der Waals surface area contributed by atoms with Crippen LogP contribution in [0.2, 0.25) is 10.0 Å². The lowest BCUT2D eigenvalue weighted by Crippen LogP contribution is -2.37. The molecule has 0 radical (unpaired) electrons. The molecule has 1 aliphatic heterocycles. The van der Waals surface area contributed by atoms with E-state index in [9.17, 15) is 9.59 Å². The highest BCUT2D eigenvalue weighted by molar-refractivity contribution is 6.42. The van der Waals surface area contributed by atoms with Crippen LogP contribution in [0, 0.1) is 0 Å². The van der Waals surface area contributed by atoms with Crippen molar-refractivity contribution in [3.63, 3.8) is 0 Å². The number of anilines is 1. The number of carbonyl (C=O) groups excluding carboxylic acids is 2. The van der Waals surface area contributed by atoms with Gasteiger partial charge in [-0.25, -0.2) is 0 Å². The molecule has 0 saturated carbocycles. The molecule has 1 heterocycles. The van der Waals surface area contributed by atoms with Crippen molar-refractivity contribution in [3.05, 3.63) is 63.6 Å². The Labute approximate surface area is 132 Å². The summed E-state index contributed by atoms with van der Waals surface area (Å²) in [5.41, 5.74) is 1.54. The van der Waals surface area contributed by atoms with Crippen molar-refractivity contribution in [1.29, 1.82) is 0 Å². The van der Waals surface area contributed by atoms with Gasteiger partial charge in [-0.05, 0) is 24.3 Å². The maximum absolute atomic E-state index is 12.6. The first kappa shape index (κ1) is 14.1. The van der Waals surface area contributed by atoms with Gasteiger partial charge in [0.15, 0.2) is 5.78 Å². The first-order valence-electron chi connectivity index (χ1n) is 6.47. The molecule has 0 unspecified atom stereocenters. The number of Topliss-reactive ketones (excluding diaryl/α,β-unsaturated/α-hetero) is 1. The number of benzene rings is 2. The second-order valence-corrected chi connectivity index (χ2v) is 5.59. The summed E-state index contributed by atoms with van der Waals surface area (Å²) in [5.74, 6) is -0.177. The second kappa shape index (κ2) is 5.51. The van der Waals surface area contributed by atoms with Gasteiger partial charge in [0.25, 0.3) is 5.91 Å². The topological polar surface area (TPSA) is 37.4 Å². The number of fused-ring (bicyclic) bond motifs is 1. The SMILES string of the molecule is O=C1CCN(C(=O)c2ccccc2)c2cc(Cl)c(Cl)cc21. The molecule has 2 aromatic carbocycles. The maximum Gasteiger partial charge on any atom is 0.258 e. The summed E-state index contributed by atoms with van der Waals surface area (Å²) in [4.78, 5) is 26.2. The smallest absolute Gasteiger partial charge is 0.258 e. The molecule has 0 spiro atoms. The minimum Gasteiger partial charge on any atom is -0.307 e. The molecule has 0 N–H and O–H groups in total. The Hall–Kier alpha value is -1.84. The zero-order valence-electron chi connectivity index (χ0n) is 11.0. The van der Waals surface area contributed by atoms with Gasteiger partial charge in [-0.15, -0.1) is 0 Å². The lowest BCUT2D eigenvalue weighted by molar-refractivity contribution is 0.0955. The van der Waals surface area contributed by atoms with E-state index >= 15 is 0 Å². The van der Waals surface area contributed by atoms with Gasteiger partial charge in [0, 0.05) is 24.1 Å². The summed E-state index contributed by atoms with van der Waals surface area (Å²) in [6.07, 6.45) is 0.281. The van der Waals surface area contributed by atoms with Gasteiger partial charge in [-0.3, -0.25) is 9.59 Å². The molecular formula is C16H11Cl2NO2. The Balaban J connectivity index is 2.07. The Kier molecular flexibility index (Phi) is 3.70. The summed E-state index contributed by atoms with van der Waals surface area (Å²) in [6, 6.07) is 12.1. The van der Waals surface area contributed by atoms with Gasteiger partial charge in [0.1, 0.15) is 0 Å². The average molecular weight is 320 g/mol. The fourth-order valence-corrected chi connectivity index (χ4v) is 2.72. The molecular weight excluding hydrogens is 309 g/mol. The number of nitrogens with zero attached hydrogens (tertiary/aromatic N) is 1. The van der Waals surface area contributed by atoms with Crippen LogP contribution in [0.1, 0.15) is 27.1 Å². The maximum atomic E-state index is 12.6. The molecule has 0 fully saturated rings. The van der Waals surface area contributed by atoms with Crippen LogP contribution < -0.4 is 4.90 Å². The Morgan fingerprint density at radius 3 is 2.43 bits per heavy atom. The summed E-state index contributed by atoms with van der Waals surface area (Å²) < 4.78 is 0. The normalized spacial score (nSPS) is 14.0. The van der Waals surface area contributed by atoms with Gasteiger partial charge in [-0.1, -0.05) is 41.4 Å². The summed E-state index contributed by atoms with van der Waals surface area (Å²) in [5, 5.41) is 0.647. The van der Waals surface area contributed by atoms with Crippen LogP contribution in [-0.4, -0.2) is 18.2 Å². The molecule has 1 aliphatic rings. The monoisotopic (exact) mass is 319 g/mol. The number of hydrogen-bond acceptors (Lipinski definition) is 2. The fraction of sp³-hybridized carbons (Fsp3) is 0.125. The van der Waals surface area contributed by atoms with E-state index in [1.165, 1.54) is 6.07 Å². The Morgan fingerprint density at radius 1 is 1.05 bits per heavy atom. The van der Waals surface area contributed by atoms with Gasteiger partial charge >= 0.3 is 0 Å². The standard InChI is InChI=1S/C16H11Cl2NO2/c17-12-8-11-14(9-13(12)18)19(7-6-15(11)20)16(21)10-4-2-1-3-5-10/h1-5,8-9H,6-7H2. The lowest BCUT2D eigenvalue weighted by atomic mass is 9.99. The third-order valence-corrected chi connectivity index (χ3v) is 4.18. The van der Waals surface area contributed by atoms with Crippen molar-refractivity contribution < 1.29 is 9.59 Å². The van der Waals surface area contributed by atoms with E-state index in [1.54, 1.807) is 35.2 Å². The van der Waals surface area contributed by atoms with Crippen LogP contribution in [0.4, 0.5) is 5.69 Å². The van der Waals surface area contributed by atoms with Gasteiger partial charge in [0.05, 0.1) is 15.7 Å². The van der Waals surface area contributed by atoms with E-state index in [2.05, 4.69) is 0 Å². The van der Waals surface area contributed by atoms with E-state index in [0.717, 1.165) is 0 Å². The van der Waals surface area contributed by atoms with Crippen LogP contribution in [0.3, 0.4) is 0 Å². The first-order chi connectivity index (χ1) is 10.1. The lowest BCUT2D eigenvalue weighted by Gasteiger charge is -2.29. The molecule has 3 nitrogen and oxygen atoms in total. The second-order valence-electron chi connectivity index (χ2n) is 4.78. The van der Waals surface area contributed by atoms with E-state index in [1.807, 2.05) is 6.07 Å². The Bertz CT molecular complexity index is 729. The van der Waals surface area contributed by atoms with Gasteiger partial charge in [-0.2, -0.15) is 0 Å². The highest BCUT2D eigenvalue weighted by atomic mass is 35.5. The number of carbonyl (C=O) groups is 2. The zero-order valence-corrected chi connectivity index (χ0v) is 12.5. The van der Waals surface area contributed by atoms with Gasteiger partial charge in [0.2, 0.25) is 0 Å². The molecule has 5 heteroatoms. The first-order valence-corrected chi connectivity index (χ1v) is 7.22. The zero-order chi connectivity index (χ0) is 15.0. The highest BCUT2D eigenvalue weighted by Gasteiger charge is 2.28. The predicted molar refractivity (Wildman–Crippen MR) is 83.5 cm³/mol. The average Bonchev–Trinajstić information content (AvgIpc) is 2.50. The van der Waals surface area contributed by atoms with Crippen molar-refractivity contribution in [2.45, 2.75) is 6.42 Å². The van der Waals surface area contributed by atoms with Crippen molar-refractivity contribution in [2.24, 2.45) is 0 Å². The molecule has 1 amide bonds. The van der Waals surface area contributed by atoms with Crippen LogP contribution >= 0.6 is 23.2 Å². The quantitative estimate of drug-likeness (QED) is 0.789. The third-order valence-electron chi connectivity index (χ3n) is 3.46. The molecule has 21 heavy (non-hydrogen) atoms. The van der Waals surface area contributed by atoms with E-state index in [4.69, 9.17) is 23.2 Å². The van der Waals surface area contributed by atoms with Crippen LogP contribution in [0.15, 0.2) is 42.5 Å². The molecule has 106 valence electrons. The highest BCUT2D eigenvalue weighted by Crippen LogP contribution is 2.35. The summed E-state index contributed by atoms with van der Waals surface area (Å²) in [6.45, 7) is 0.345. The fourth-order valence-electron chi connectivity index (χ4n) is 2.40. The van der Waals surface area contributed by atoms with Crippen LogP contribution in [0.25, 0.3) is 0 Å². The third kappa shape index (κ3) is 2.55. The molecule has 3 rings (SSSR count). The van der Waals surface area contributed by atoms with Crippen molar-refractivity contribution in [2.75, 3.05) is 11.4 Å². The number of halogens is 2. The largest absolute Gasteiger partial charge is 0.307 e. The Morgan fingerprint density at radius 2 is 1.71 bits per heavy atom. The summed E-state index contributed by atoms with van der Waals surface area (Å²) in [7, 11) is 0. The minimum atomic E-state index is -0.150. The van der Waals surface area contributed by atoms with Crippen molar-refractivity contribution in [3.8, 4) is 0 Å². The number of amides is 1. The molecule has 0 saturated heterocycles. The predicted octanol–water partition coefficient (Wildman–Crippen LogP) is 4.23. The minimum absolute atomic E-state index is 0.0271. The van der Waals surface area contributed by atoms with Crippen LogP contribution in [0.5, 0.6) is 0 Å². The molecule has 2 aromatic rings. The number of hydrogen-bond donors (Lipinski definition) is 0. The van der Waals surface area contributed by atoms with Crippen molar-refractivity contribution >= 4 is 40.6 Å². The van der Waals surface area contributed by atoms with Crippen molar-refractivity contribution in [1.82, 2.24) is 0 Å².